The van der Waals surface area contributed by atoms with Gasteiger partial charge in [-0.3, -0.25) is 0 Å². The van der Waals surface area contributed by atoms with Crippen molar-refractivity contribution in [1.29, 1.82) is 0 Å². The van der Waals surface area contributed by atoms with E-state index < -0.39 is 11.9 Å². The summed E-state index contributed by atoms with van der Waals surface area (Å²) in [6.45, 7) is -0.310. The number of hydrogen-bond acceptors (Lipinski definition) is 6. The van der Waals surface area contributed by atoms with Crippen molar-refractivity contribution in [2.75, 3.05) is 18.5 Å². The first-order valence-corrected chi connectivity index (χ1v) is 7.85. The first-order valence-electron chi connectivity index (χ1n) is 7.48. The van der Waals surface area contributed by atoms with Gasteiger partial charge in [0.15, 0.2) is 5.82 Å². The summed E-state index contributed by atoms with van der Waals surface area (Å²) in [5.74, 6) is -0.664. The van der Waals surface area contributed by atoms with Crippen molar-refractivity contribution in [2.24, 2.45) is 0 Å². The topological polar surface area (TPSA) is 98.5 Å². The lowest BCUT2D eigenvalue weighted by Crippen LogP contribution is -2.23. The Morgan fingerprint density at radius 1 is 1.16 bits per heavy atom. The molecule has 0 saturated carbocycles. The van der Waals surface area contributed by atoms with Crippen molar-refractivity contribution in [3.05, 3.63) is 47.2 Å². The molecule has 130 valence electrons. The predicted molar refractivity (Wildman–Crippen MR) is 93.2 cm³/mol. The zero-order valence-corrected chi connectivity index (χ0v) is 13.7. The summed E-state index contributed by atoms with van der Waals surface area (Å²) in [7, 11) is 0. The van der Waals surface area contributed by atoms with Crippen LogP contribution in [0.15, 0.2) is 36.4 Å². The smallest absolute Gasteiger partial charge is 0.156 e. The normalized spacial score (nSPS) is 12.3. The van der Waals surface area contributed by atoms with E-state index in [1.54, 1.807) is 24.3 Å². The maximum absolute atomic E-state index is 14.3. The van der Waals surface area contributed by atoms with Crippen LogP contribution in [0.5, 0.6) is 5.75 Å². The number of benzene rings is 2. The summed E-state index contributed by atoms with van der Waals surface area (Å²) < 4.78 is 14.3. The molecule has 0 spiro atoms. The Morgan fingerprint density at radius 3 is 2.56 bits per heavy atom. The number of hydrogen-bond donors (Lipinski definition) is 4. The fraction of sp³-hybridized carbons (Fsp3) is 0.176. The number of anilines is 1. The number of aromatic nitrogens is 2. The third kappa shape index (κ3) is 3.48. The molecule has 0 amide bonds. The zero-order chi connectivity index (χ0) is 18.0. The first kappa shape index (κ1) is 17.3. The van der Waals surface area contributed by atoms with Crippen molar-refractivity contribution >= 4 is 28.2 Å². The maximum atomic E-state index is 14.3. The van der Waals surface area contributed by atoms with E-state index in [0.717, 1.165) is 6.07 Å². The predicted octanol–water partition coefficient (Wildman–Crippen LogP) is 2.56. The molecule has 25 heavy (non-hydrogen) atoms. The van der Waals surface area contributed by atoms with Crippen LogP contribution in [0.4, 0.5) is 10.2 Å². The highest BCUT2D eigenvalue weighted by Crippen LogP contribution is 2.37. The van der Waals surface area contributed by atoms with Gasteiger partial charge < -0.3 is 20.6 Å². The number of nitrogens with zero attached hydrogens (tertiary/aromatic N) is 2. The minimum atomic E-state index is -0.946. The third-order valence-electron chi connectivity index (χ3n) is 3.67. The van der Waals surface area contributed by atoms with E-state index in [2.05, 4.69) is 15.5 Å². The molecule has 1 aromatic heterocycles. The van der Waals surface area contributed by atoms with E-state index in [1.165, 1.54) is 6.07 Å². The first-order chi connectivity index (χ1) is 12.0. The molecule has 0 radical (unpaired) electrons. The quantitative estimate of drug-likeness (QED) is 0.556. The molecule has 3 rings (SSSR count). The monoisotopic (exact) mass is 363 g/mol. The number of fused-ring (bicyclic) bond motifs is 1. The highest BCUT2D eigenvalue weighted by Gasteiger charge is 2.18. The van der Waals surface area contributed by atoms with Gasteiger partial charge in [0, 0.05) is 22.3 Å². The largest absolute Gasteiger partial charge is 0.507 e. The minimum Gasteiger partial charge on any atom is -0.507 e. The van der Waals surface area contributed by atoms with Gasteiger partial charge in [0.25, 0.3) is 0 Å². The van der Waals surface area contributed by atoms with Crippen LogP contribution in [0.1, 0.15) is 0 Å². The Morgan fingerprint density at radius 2 is 1.88 bits per heavy atom. The van der Waals surface area contributed by atoms with E-state index in [-0.39, 0.29) is 35.2 Å². The molecule has 0 unspecified atom stereocenters. The van der Waals surface area contributed by atoms with Crippen molar-refractivity contribution in [3.8, 4) is 17.0 Å². The molecular weight excluding hydrogens is 349 g/mol. The fourth-order valence-electron chi connectivity index (χ4n) is 2.49. The fourth-order valence-corrected chi connectivity index (χ4v) is 2.69. The minimum absolute atomic E-state index is 0.0762. The highest BCUT2D eigenvalue weighted by atomic mass is 35.5. The Kier molecular flexibility index (Phi) is 4.98. The van der Waals surface area contributed by atoms with Crippen LogP contribution in [0.3, 0.4) is 0 Å². The van der Waals surface area contributed by atoms with Gasteiger partial charge in [-0.2, -0.15) is 0 Å². The van der Waals surface area contributed by atoms with Gasteiger partial charge in [0.05, 0.1) is 18.3 Å². The summed E-state index contributed by atoms with van der Waals surface area (Å²) in [5.41, 5.74) is 0.0885. The molecule has 4 N–H and O–H groups in total. The lowest BCUT2D eigenvalue weighted by molar-refractivity contribution is 0.105. The Bertz CT molecular complexity index is 900. The summed E-state index contributed by atoms with van der Waals surface area (Å²) in [4.78, 5) is 0. The second-order valence-corrected chi connectivity index (χ2v) is 5.88. The Balaban J connectivity index is 2.13. The van der Waals surface area contributed by atoms with E-state index >= 15 is 0 Å². The van der Waals surface area contributed by atoms with Crippen LogP contribution in [-0.4, -0.2) is 44.8 Å². The van der Waals surface area contributed by atoms with Crippen molar-refractivity contribution in [1.82, 2.24) is 10.2 Å². The van der Waals surface area contributed by atoms with Gasteiger partial charge in [-0.25, -0.2) is 4.39 Å². The number of aromatic hydroxyl groups is 1. The van der Waals surface area contributed by atoms with Gasteiger partial charge in [-0.05, 0) is 12.1 Å². The van der Waals surface area contributed by atoms with Gasteiger partial charge in [-0.15, -0.1) is 10.2 Å². The Hall–Kier alpha value is -2.48. The number of rotatable bonds is 5. The molecule has 0 aliphatic carbocycles. The van der Waals surface area contributed by atoms with Crippen molar-refractivity contribution in [3.63, 3.8) is 0 Å². The number of aliphatic hydroxyl groups is 2. The second kappa shape index (κ2) is 7.18. The number of halogens is 2. The van der Waals surface area contributed by atoms with Crippen LogP contribution in [0, 0.1) is 5.82 Å². The van der Waals surface area contributed by atoms with Gasteiger partial charge in [0.2, 0.25) is 0 Å². The standard InChI is InChI=1S/C17H15ClFN3O3/c18-9-5-13(19)15(14(25)6-9)16-11-3-1-2-4-12(11)17(22-21-16)20-7-10(24)8-23/h1-6,10,23-25H,7-8H2,(H,20,22)/t10-/m0/s1. The molecular formula is C17H15ClFN3O3. The van der Waals surface area contributed by atoms with Crippen LogP contribution in [-0.2, 0) is 0 Å². The lowest BCUT2D eigenvalue weighted by atomic mass is 10.0. The molecule has 2 aromatic carbocycles. The van der Waals surface area contributed by atoms with Gasteiger partial charge in [-0.1, -0.05) is 35.9 Å². The maximum Gasteiger partial charge on any atom is 0.156 e. The van der Waals surface area contributed by atoms with E-state index in [0.29, 0.717) is 16.6 Å². The molecule has 0 aliphatic rings. The van der Waals surface area contributed by atoms with Gasteiger partial charge >= 0.3 is 0 Å². The summed E-state index contributed by atoms with van der Waals surface area (Å²) in [6, 6.07) is 9.34. The average molecular weight is 364 g/mol. The van der Waals surface area contributed by atoms with Crippen molar-refractivity contribution in [2.45, 2.75) is 6.10 Å². The van der Waals surface area contributed by atoms with Crippen LogP contribution in [0.2, 0.25) is 5.02 Å². The van der Waals surface area contributed by atoms with Crippen LogP contribution < -0.4 is 5.32 Å². The number of nitrogens with one attached hydrogen (secondary N) is 1. The molecule has 3 aromatic rings. The molecule has 1 atom stereocenters. The number of phenols is 1. The second-order valence-electron chi connectivity index (χ2n) is 5.44. The molecule has 8 heteroatoms. The molecule has 0 saturated heterocycles. The summed E-state index contributed by atoms with van der Waals surface area (Å²) >= 11 is 5.75. The number of aliphatic hydroxyl groups excluding tert-OH is 2. The lowest BCUT2D eigenvalue weighted by Gasteiger charge is -2.14. The van der Waals surface area contributed by atoms with E-state index in [1.807, 2.05) is 0 Å². The van der Waals surface area contributed by atoms with Crippen molar-refractivity contribution < 1.29 is 19.7 Å². The molecule has 0 aliphatic heterocycles. The Labute approximate surface area is 147 Å². The van der Waals surface area contributed by atoms with E-state index in [4.69, 9.17) is 16.7 Å². The molecule has 1 heterocycles. The van der Waals surface area contributed by atoms with E-state index in [9.17, 15) is 14.6 Å². The van der Waals surface area contributed by atoms with Crippen LogP contribution >= 0.6 is 11.6 Å². The van der Waals surface area contributed by atoms with Gasteiger partial charge in [0.1, 0.15) is 17.3 Å². The average Bonchev–Trinajstić information content (AvgIpc) is 2.59. The summed E-state index contributed by atoms with van der Waals surface area (Å²) in [6.07, 6.45) is -0.946. The zero-order valence-electron chi connectivity index (χ0n) is 12.9. The highest BCUT2D eigenvalue weighted by molar-refractivity contribution is 6.30. The summed E-state index contributed by atoms with van der Waals surface area (Å²) in [5, 5.41) is 40.7. The molecule has 0 fully saturated rings. The SMILES string of the molecule is OC[C@@H](O)CNc1nnc(-c2c(O)cc(Cl)cc2F)c2ccccc12. The molecule has 6 nitrogen and oxygen atoms in total. The third-order valence-corrected chi connectivity index (χ3v) is 3.89. The number of phenolic OH excluding ortho intramolecular Hbond substituents is 1. The molecule has 0 bridgehead atoms. The van der Waals surface area contributed by atoms with Crippen LogP contribution in [0.25, 0.3) is 22.0 Å².